The summed E-state index contributed by atoms with van der Waals surface area (Å²) in [6.45, 7) is 7.80. The number of aliphatic hydroxyl groups excluding tert-OH is 1. The summed E-state index contributed by atoms with van der Waals surface area (Å²) in [7, 11) is 0. The third-order valence-electron chi connectivity index (χ3n) is 3.17. The fraction of sp³-hybridized carbons (Fsp3) is 1.00. The van der Waals surface area contributed by atoms with Gasteiger partial charge in [0.1, 0.15) is 0 Å². The maximum absolute atomic E-state index is 8.58. The van der Waals surface area contributed by atoms with Gasteiger partial charge >= 0.3 is 0 Å². The summed E-state index contributed by atoms with van der Waals surface area (Å²) >= 11 is 0. The Kier molecular flexibility index (Phi) is 14.8. The van der Waals surface area contributed by atoms with Gasteiger partial charge in [-0.1, -0.05) is 39.5 Å². The zero-order valence-corrected chi connectivity index (χ0v) is 12.3. The summed E-state index contributed by atoms with van der Waals surface area (Å²) in [5.74, 6) is 0.729. The second kappa shape index (κ2) is 14.9. The Balaban J connectivity index is 3.23. The van der Waals surface area contributed by atoms with E-state index in [2.05, 4.69) is 13.8 Å². The average Bonchev–Trinajstić information content (AvgIpc) is 2.40. The molecule has 0 aromatic rings. The van der Waals surface area contributed by atoms with Crippen molar-refractivity contribution in [1.29, 1.82) is 0 Å². The number of aliphatic hydroxyl groups is 1. The molecule has 0 amide bonds. The molecule has 1 atom stereocenters. The summed E-state index contributed by atoms with van der Waals surface area (Å²) in [6.07, 6.45) is 8.18. The molecule has 18 heavy (non-hydrogen) atoms. The minimum atomic E-state index is 0.215. The zero-order chi connectivity index (χ0) is 13.5. The van der Waals surface area contributed by atoms with Crippen LogP contribution in [0, 0.1) is 5.92 Å². The van der Waals surface area contributed by atoms with Crippen molar-refractivity contribution in [2.45, 2.75) is 58.8 Å². The fourth-order valence-electron chi connectivity index (χ4n) is 1.87. The third-order valence-corrected chi connectivity index (χ3v) is 3.17. The monoisotopic (exact) mass is 260 g/mol. The van der Waals surface area contributed by atoms with Gasteiger partial charge in [0.2, 0.25) is 0 Å². The van der Waals surface area contributed by atoms with Crippen molar-refractivity contribution in [3.05, 3.63) is 0 Å². The Hall–Kier alpha value is -0.120. The van der Waals surface area contributed by atoms with Gasteiger partial charge in [-0.2, -0.15) is 0 Å². The highest BCUT2D eigenvalue weighted by molar-refractivity contribution is 4.56. The van der Waals surface area contributed by atoms with Crippen LogP contribution in [0.15, 0.2) is 0 Å². The predicted octanol–water partition coefficient (Wildman–Crippen LogP) is 3.40. The lowest BCUT2D eigenvalue weighted by molar-refractivity contribution is 0.0595. The minimum absolute atomic E-state index is 0.215. The number of ether oxygens (including phenoxy) is 2. The van der Waals surface area contributed by atoms with Crippen molar-refractivity contribution in [3.63, 3.8) is 0 Å². The molecule has 0 radical (unpaired) electrons. The molecule has 0 heterocycles. The summed E-state index contributed by atoms with van der Waals surface area (Å²) in [5, 5.41) is 8.58. The smallest absolute Gasteiger partial charge is 0.0494 e. The van der Waals surface area contributed by atoms with Crippen LogP contribution >= 0.6 is 0 Å². The van der Waals surface area contributed by atoms with Crippen molar-refractivity contribution in [3.8, 4) is 0 Å². The van der Waals surface area contributed by atoms with Crippen molar-refractivity contribution >= 4 is 0 Å². The molecule has 0 aliphatic rings. The lowest BCUT2D eigenvalue weighted by Gasteiger charge is -2.14. The standard InChI is InChI=1S/C15H32O3/c1-3-5-6-9-15(4-2)14-18-13-8-12-17-11-7-10-16/h15-16H,3-14H2,1-2H3. The maximum Gasteiger partial charge on any atom is 0.0494 e. The first-order chi connectivity index (χ1) is 8.85. The molecule has 110 valence electrons. The first-order valence-corrected chi connectivity index (χ1v) is 7.61. The molecule has 0 aliphatic carbocycles. The maximum atomic E-state index is 8.58. The molecule has 0 saturated carbocycles. The largest absolute Gasteiger partial charge is 0.396 e. The zero-order valence-electron chi connectivity index (χ0n) is 12.3. The van der Waals surface area contributed by atoms with E-state index in [9.17, 15) is 0 Å². The van der Waals surface area contributed by atoms with E-state index in [4.69, 9.17) is 14.6 Å². The molecular weight excluding hydrogens is 228 g/mol. The van der Waals surface area contributed by atoms with Crippen LogP contribution in [-0.2, 0) is 9.47 Å². The molecule has 0 bridgehead atoms. The van der Waals surface area contributed by atoms with Gasteiger partial charge in [0.15, 0.2) is 0 Å². The van der Waals surface area contributed by atoms with E-state index >= 15 is 0 Å². The van der Waals surface area contributed by atoms with Crippen LogP contribution in [0.2, 0.25) is 0 Å². The topological polar surface area (TPSA) is 38.7 Å². The summed E-state index contributed by atoms with van der Waals surface area (Å²) in [5.41, 5.74) is 0. The van der Waals surface area contributed by atoms with Crippen molar-refractivity contribution < 1.29 is 14.6 Å². The molecule has 0 saturated heterocycles. The molecule has 1 unspecified atom stereocenters. The first-order valence-electron chi connectivity index (χ1n) is 7.61. The summed E-state index contributed by atoms with van der Waals surface area (Å²) in [6, 6.07) is 0. The first kappa shape index (κ1) is 17.9. The molecule has 3 heteroatoms. The van der Waals surface area contributed by atoms with Crippen LogP contribution in [0.4, 0.5) is 0 Å². The quantitative estimate of drug-likeness (QED) is 0.486. The fourth-order valence-corrected chi connectivity index (χ4v) is 1.87. The lowest BCUT2D eigenvalue weighted by Crippen LogP contribution is -2.11. The second-order valence-electron chi connectivity index (χ2n) is 4.89. The van der Waals surface area contributed by atoms with Crippen LogP contribution < -0.4 is 0 Å². The van der Waals surface area contributed by atoms with E-state index in [-0.39, 0.29) is 6.61 Å². The highest BCUT2D eigenvalue weighted by Crippen LogP contribution is 2.13. The van der Waals surface area contributed by atoms with Crippen LogP contribution in [0.25, 0.3) is 0 Å². The molecule has 0 aromatic heterocycles. The van der Waals surface area contributed by atoms with E-state index in [1.165, 1.54) is 32.1 Å². The second-order valence-corrected chi connectivity index (χ2v) is 4.89. The Morgan fingerprint density at radius 3 is 2.28 bits per heavy atom. The number of hydrogen-bond acceptors (Lipinski definition) is 3. The molecule has 0 aliphatic heterocycles. The van der Waals surface area contributed by atoms with Gasteiger partial charge < -0.3 is 14.6 Å². The highest BCUT2D eigenvalue weighted by atomic mass is 16.5. The van der Waals surface area contributed by atoms with Gasteiger partial charge in [-0.15, -0.1) is 0 Å². The number of unbranched alkanes of at least 4 members (excludes halogenated alkanes) is 2. The SMILES string of the molecule is CCCCCC(CC)COCCCOCCCO. The highest BCUT2D eigenvalue weighted by Gasteiger charge is 2.05. The van der Waals surface area contributed by atoms with E-state index in [0.29, 0.717) is 6.61 Å². The van der Waals surface area contributed by atoms with Crippen LogP contribution in [0.3, 0.4) is 0 Å². The summed E-state index contributed by atoms with van der Waals surface area (Å²) < 4.78 is 11.0. The van der Waals surface area contributed by atoms with Gasteiger partial charge in [-0.05, 0) is 25.2 Å². The molecular formula is C15H32O3. The number of hydrogen-bond donors (Lipinski definition) is 1. The van der Waals surface area contributed by atoms with Crippen LogP contribution in [-0.4, -0.2) is 38.1 Å². The van der Waals surface area contributed by atoms with Gasteiger partial charge in [0, 0.05) is 33.0 Å². The molecule has 0 spiro atoms. The third kappa shape index (κ3) is 12.3. The van der Waals surface area contributed by atoms with E-state index < -0.39 is 0 Å². The lowest BCUT2D eigenvalue weighted by atomic mass is 10.00. The Bertz CT molecular complexity index is 151. The van der Waals surface area contributed by atoms with Crippen molar-refractivity contribution in [2.75, 3.05) is 33.0 Å². The molecule has 0 rings (SSSR count). The van der Waals surface area contributed by atoms with Gasteiger partial charge in [-0.3, -0.25) is 0 Å². The van der Waals surface area contributed by atoms with Crippen molar-refractivity contribution in [1.82, 2.24) is 0 Å². The molecule has 3 nitrogen and oxygen atoms in total. The normalized spacial score (nSPS) is 12.8. The Morgan fingerprint density at radius 2 is 1.61 bits per heavy atom. The average molecular weight is 260 g/mol. The molecule has 0 fully saturated rings. The Labute approximate surface area is 113 Å². The minimum Gasteiger partial charge on any atom is -0.396 e. The van der Waals surface area contributed by atoms with Gasteiger partial charge in [0.05, 0.1) is 0 Å². The van der Waals surface area contributed by atoms with E-state index in [1.54, 1.807) is 0 Å². The van der Waals surface area contributed by atoms with Gasteiger partial charge in [0.25, 0.3) is 0 Å². The molecule has 0 aromatic carbocycles. The van der Waals surface area contributed by atoms with Crippen LogP contribution in [0.5, 0.6) is 0 Å². The predicted molar refractivity (Wildman–Crippen MR) is 75.9 cm³/mol. The van der Waals surface area contributed by atoms with E-state index in [1.807, 2.05) is 0 Å². The number of rotatable bonds is 14. The molecule has 1 N–H and O–H groups in total. The Morgan fingerprint density at radius 1 is 0.889 bits per heavy atom. The van der Waals surface area contributed by atoms with E-state index in [0.717, 1.165) is 38.6 Å². The van der Waals surface area contributed by atoms with Crippen LogP contribution in [0.1, 0.15) is 58.8 Å². The van der Waals surface area contributed by atoms with Crippen molar-refractivity contribution in [2.24, 2.45) is 5.92 Å². The van der Waals surface area contributed by atoms with Gasteiger partial charge in [-0.25, -0.2) is 0 Å². The summed E-state index contributed by atoms with van der Waals surface area (Å²) in [4.78, 5) is 0.